The second-order valence-corrected chi connectivity index (χ2v) is 4.03. The van der Waals surface area contributed by atoms with Crippen molar-refractivity contribution in [2.24, 2.45) is 0 Å². The Kier molecular flexibility index (Phi) is 5.45. The maximum absolute atomic E-state index is 11.7. The molecule has 0 saturated carbocycles. The van der Waals surface area contributed by atoms with Crippen LogP contribution in [-0.2, 0) is 9.53 Å². The van der Waals surface area contributed by atoms with Crippen molar-refractivity contribution in [3.63, 3.8) is 0 Å². The summed E-state index contributed by atoms with van der Waals surface area (Å²) in [5.74, 6) is 0.345. The highest BCUT2D eigenvalue weighted by molar-refractivity contribution is 5.81. The molecule has 0 radical (unpaired) electrons. The summed E-state index contributed by atoms with van der Waals surface area (Å²) in [4.78, 5) is 11.7. The number of amides is 1. The fourth-order valence-corrected chi connectivity index (χ4v) is 1.42. The first-order chi connectivity index (χ1) is 8.56. The summed E-state index contributed by atoms with van der Waals surface area (Å²) in [6, 6.07) is 5.49. The molecule has 1 amide bonds. The number of hydrogen-bond acceptors (Lipinski definition) is 4. The zero-order valence-electron chi connectivity index (χ0n) is 11.0. The van der Waals surface area contributed by atoms with E-state index in [4.69, 9.17) is 15.2 Å². The van der Waals surface area contributed by atoms with Crippen molar-refractivity contribution in [3.05, 3.63) is 23.8 Å². The minimum absolute atomic E-state index is 0.187. The van der Waals surface area contributed by atoms with Gasteiger partial charge in [0.25, 0.3) is 5.91 Å². The van der Waals surface area contributed by atoms with Gasteiger partial charge in [0.2, 0.25) is 0 Å². The van der Waals surface area contributed by atoms with Gasteiger partial charge in [0.1, 0.15) is 5.75 Å². The third-order valence-corrected chi connectivity index (χ3v) is 2.56. The topological polar surface area (TPSA) is 73.6 Å². The van der Waals surface area contributed by atoms with E-state index in [2.05, 4.69) is 5.32 Å². The predicted octanol–water partition coefficient (Wildman–Crippen LogP) is 1.11. The van der Waals surface area contributed by atoms with Crippen molar-refractivity contribution < 1.29 is 14.3 Å². The van der Waals surface area contributed by atoms with Crippen LogP contribution >= 0.6 is 0 Å². The number of nitrogens with two attached hydrogens (primary N) is 1. The van der Waals surface area contributed by atoms with Crippen molar-refractivity contribution in [1.29, 1.82) is 0 Å². The predicted molar refractivity (Wildman–Crippen MR) is 70.6 cm³/mol. The first-order valence-electron chi connectivity index (χ1n) is 5.84. The van der Waals surface area contributed by atoms with Crippen molar-refractivity contribution in [2.75, 3.05) is 26.0 Å². The molecule has 0 bridgehead atoms. The van der Waals surface area contributed by atoms with Gasteiger partial charge < -0.3 is 20.5 Å². The lowest BCUT2D eigenvalue weighted by Crippen LogP contribution is -2.38. The summed E-state index contributed by atoms with van der Waals surface area (Å²) in [5, 5.41) is 2.71. The van der Waals surface area contributed by atoms with E-state index in [0.29, 0.717) is 24.6 Å². The summed E-state index contributed by atoms with van der Waals surface area (Å²) in [6.07, 6.45) is -0.592. The molecule has 1 aromatic rings. The van der Waals surface area contributed by atoms with Crippen LogP contribution in [0.4, 0.5) is 5.69 Å². The Morgan fingerprint density at radius 3 is 2.89 bits per heavy atom. The van der Waals surface area contributed by atoms with E-state index in [-0.39, 0.29) is 5.91 Å². The van der Waals surface area contributed by atoms with Gasteiger partial charge >= 0.3 is 0 Å². The fourth-order valence-electron chi connectivity index (χ4n) is 1.42. The molecule has 0 aliphatic rings. The molecule has 1 aromatic carbocycles. The van der Waals surface area contributed by atoms with Crippen molar-refractivity contribution >= 4 is 11.6 Å². The van der Waals surface area contributed by atoms with Gasteiger partial charge in [0.05, 0.1) is 12.3 Å². The molecule has 0 saturated heterocycles. The highest BCUT2D eigenvalue weighted by Crippen LogP contribution is 2.25. The van der Waals surface area contributed by atoms with E-state index in [1.54, 1.807) is 20.1 Å². The number of anilines is 1. The summed E-state index contributed by atoms with van der Waals surface area (Å²) in [7, 11) is 1.58. The maximum atomic E-state index is 11.7. The number of ether oxygens (including phenoxy) is 2. The van der Waals surface area contributed by atoms with Gasteiger partial charge in [-0.1, -0.05) is 12.1 Å². The molecule has 0 spiro atoms. The molecule has 18 heavy (non-hydrogen) atoms. The first-order valence-corrected chi connectivity index (χ1v) is 5.84. The van der Waals surface area contributed by atoms with Crippen LogP contribution in [0, 0.1) is 6.92 Å². The van der Waals surface area contributed by atoms with Gasteiger partial charge in [0, 0.05) is 13.7 Å². The molecule has 0 aliphatic heterocycles. The quantitative estimate of drug-likeness (QED) is 0.587. The molecule has 5 nitrogen and oxygen atoms in total. The molecule has 1 unspecified atom stereocenters. The average Bonchev–Trinajstić information content (AvgIpc) is 2.35. The number of benzene rings is 1. The summed E-state index contributed by atoms with van der Waals surface area (Å²) < 4.78 is 10.4. The molecule has 1 atom stereocenters. The summed E-state index contributed by atoms with van der Waals surface area (Å²) in [5.41, 5.74) is 7.37. The van der Waals surface area contributed by atoms with E-state index >= 15 is 0 Å². The van der Waals surface area contributed by atoms with Crippen LogP contribution in [0.15, 0.2) is 18.2 Å². The number of carbonyl (C=O) groups is 1. The van der Waals surface area contributed by atoms with Crippen molar-refractivity contribution in [2.45, 2.75) is 20.0 Å². The second kappa shape index (κ2) is 6.86. The number of rotatable bonds is 6. The largest absolute Gasteiger partial charge is 0.479 e. The Hall–Kier alpha value is -1.75. The van der Waals surface area contributed by atoms with Crippen LogP contribution in [0.5, 0.6) is 5.75 Å². The van der Waals surface area contributed by atoms with Crippen LogP contribution < -0.4 is 15.8 Å². The first kappa shape index (κ1) is 14.3. The third-order valence-electron chi connectivity index (χ3n) is 2.56. The molecule has 0 aromatic heterocycles. The Labute approximate surface area is 107 Å². The third kappa shape index (κ3) is 3.92. The van der Waals surface area contributed by atoms with Gasteiger partial charge in [-0.2, -0.15) is 0 Å². The van der Waals surface area contributed by atoms with E-state index in [1.165, 1.54) is 0 Å². The molecule has 5 heteroatoms. The van der Waals surface area contributed by atoms with Crippen LogP contribution in [0.25, 0.3) is 0 Å². The molecule has 3 N–H and O–H groups in total. The van der Waals surface area contributed by atoms with Crippen LogP contribution in [-0.4, -0.2) is 32.3 Å². The lowest BCUT2D eigenvalue weighted by molar-refractivity contribution is -0.127. The van der Waals surface area contributed by atoms with E-state index in [1.807, 2.05) is 19.1 Å². The molecule has 0 aliphatic carbocycles. The number of methoxy groups -OCH3 is 1. The summed E-state index contributed by atoms with van der Waals surface area (Å²) in [6.45, 7) is 4.52. The average molecular weight is 252 g/mol. The van der Waals surface area contributed by atoms with Gasteiger partial charge in [0.15, 0.2) is 6.10 Å². The Bertz CT molecular complexity index is 407. The van der Waals surface area contributed by atoms with Gasteiger partial charge in [-0.3, -0.25) is 4.79 Å². The fraction of sp³-hybridized carbons (Fsp3) is 0.462. The van der Waals surface area contributed by atoms with E-state index in [9.17, 15) is 4.79 Å². The lowest BCUT2D eigenvalue weighted by atomic mass is 10.2. The SMILES string of the molecule is COCCNC(=O)C(C)Oc1cccc(C)c1N. The molecule has 100 valence electrons. The number of para-hydroxylation sites is 1. The van der Waals surface area contributed by atoms with Gasteiger partial charge in [-0.15, -0.1) is 0 Å². The van der Waals surface area contributed by atoms with Gasteiger partial charge in [-0.25, -0.2) is 0 Å². The maximum Gasteiger partial charge on any atom is 0.260 e. The molecule has 0 heterocycles. The Balaban J connectivity index is 2.56. The van der Waals surface area contributed by atoms with Crippen molar-refractivity contribution in [3.8, 4) is 5.75 Å². The molecule has 1 rings (SSSR count). The zero-order chi connectivity index (χ0) is 13.5. The number of carbonyl (C=O) groups excluding carboxylic acids is 1. The highest BCUT2D eigenvalue weighted by Gasteiger charge is 2.15. The minimum atomic E-state index is -0.592. The highest BCUT2D eigenvalue weighted by atomic mass is 16.5. The standard InChI is InChI=1S/C13H20N2O3/c1-9-5-4-6-11(12(9)14)18-10(2)13(16)15-7-8-17-3/h4-6,10H,7-8,14H2,1-3H3,(H,15,16). The van der Waals surface area contributed by atoms with Crippen LogP contribution in [0.3, 0.4) is 0 Å². The normalized spacial score (nSPS) is 11.9. The second-order valence-electron chi connectivity index (χ2n) is 4.03. The van der Waals surface area contributed by atoms with E-state index < -0.39 is 6.10 Å². The van der Waals surface area contributed by atoms with Gasteiger partial charge in [-0.05, 0) is 25.5 Å². The number of nitrogen functional groups attached to an aromatic ring is 1. The van der Waals surface area contributed by atoms with Crippen molar-refractivity contribution in [1.82, 2.24) is 5.32 Å². The molecular formula is C13H20N2O3. The molecule has 0 fully saturated rings. The Morgan fingerprint density at radius 2 is 2.22 bits per heavy atom. The monoisotopic (exact) mass is 252 g/mol. The zero-order valence-corrected chi connectivity index (χ0v) is 11.0. The van der Waals surface area contributed by atoms with E-state index in [0.717, 1.165) is 5.56 Å². The minimum Gasteiger partial charge on any atom is -0.479 e. The Morgan fingerprint density at radius 1 is 1.50 bits per heavy atom. The lowest BCUT2D eigenvalue weighted by Gasteiger charge is -2.16. The van der Waals surface area contributed by atoms with Crippen LogP contribution in [0.2, 0.25) is 0 Å². The number of hydrogen-bond donors (Lipinski definition) is 2. The summed E-state index contributed by atoms with van der Waals surface area (Å²) >= 11 is 0. The number of nitrogens with one attached hydrogen (secondary N) is 1. The number of aryl methyl sites for hydroxylation is 1. The van der Waals surface area contributed by atoms with Crippen LogP contribution in [0.1, 0.15) is 12.5 Å². The molecular weight excluding hydrogens is 232 g/mol. The smallest absolute Gasteiger partial charge is 0.260 e.